The molecule has 0 aliphatic heterocycles. The van der Waals surface area contributed by atoms with Gasteiger partial charge in [0.25, 0.3) is 5.91 Å². The van der Waals surface area contributed by atoms with Gasteiger partial charge in [0, 0.05) is 11.9 Å². The van der Waals surface area contributed by atoms with Crippen molar-refractivity contribution in [3.63, 3.8) is 0 Å². The van der Waals surface area contributed by atoms with E-state index in [1.165, 1.54) is 18.3 Å². The summed E-state index contributed by atoms with van der Waals surface area (Å²) in [5, 5.41) is 18.0. The van der Waals surface area contributed by atoms with Gasteiger partial charge in [-0.15, -0.1) is 0 Å². The number of hydrogen-bond acceptors (Lipinski definition) is 4. The molecule has 0 aliphatic carbocycles. The largest absolute Gasteiger partial charge is 0.478 e. The topological polar surface area (TPSA) is 108 Å². The van der Waals surface area contributed by atoms with Crippen molar-refractivity contribution in [2.75, 3.05) is 5.32 Å². The fourth-order valence-corrected chi connectivity index (χ4v) is 1.66. The minimum absolute atomic E-state index is 0.0636. The summed E-state index contributed by atoms with van der Waals surface area (Å²) < 4.78 is 0. The third kappa shape index (κ3) is 2.59. The molecule has 2 heterocycles. The number of hydrogen-bond donors (Lipinski definition) is 3. The molecule has 0 bridgehead atoms. The maximum absolute atomic E-state index is 12.0. The lowest BCUT2D eigenvalue weighted by Crippen LogP contribution is -2.14. The molecule has 3 N–H and O–H groups in total. The van der Waals surface area contributed by atoms with Crippen LogP contribution >= 0.6 is 0 Å². The third-order valence-electron chi connectivity index (χ3n) is 2.61. The Bertz CT molecular complexity index is 611. The van der Waals surface area contributed by atoms with Gasteiger partial charge in [-0.05, 0) is 26.0 Å². The number of aromatic carboxylic acids is 1. The van der Waals surface area contributed by atoms with Crippen LogP contribution in [0.1, 0.15) is 32.1 Å². The highest BCUT2D eigenvalue weighted by Crippen LogP contribution is 2.12. The van der Waals surface area contributed by atoms with E-state index in [-0.39, 0.29) is 17.3 Å². The molecule has 0 radical (unpaired) electrons. The van der Waals surface area contributed by atoms with Crippen LogP contribution in [0, 0.1) is 13.8 Å². The number of carboxylic acid groups (broad SMARTS) is 1. The summed E-state index contributed by atoms with van der Waals surface area (Å²) >= 11 is 0. The minimum Gasteiger partial charge on any atom is -0.478 e. The van der Waals surface area contributed by atoms with E-state index in [1.807, 2.05) is 0 Å². The van der Waals surface area contributed by atoms with Gasteiger partial charge in [0.1, 0.15) is 5.82 Å². The molecule has 7 heteroatoms. The van der Waals surface area contributed by atoms with Crippen molar-refractivity contribution in [3.05, 3.63) is 40.8 Å². The number of rotatable bonds is 3. The Kier molecular flexibility index (Phi) is 3.28. The molecular formula is C12H12N4O3. The fourth-order valence-electron chi connectivity index (χ4n) is 1.66. The number of carbonyl (C=O) groups is 2. The fraction of sp³-hybridized carbons (Fsp3) is 0.167. The van der Waals surface area contributed by atoms with Gasteiger partial charge in [0.2, 0.25) is 0 Å². The maximum atomic E-state index is 12.0. The predicted molar refractivity (Wildman–Crippen MR) is 67.2 cm³/mol. The normalized spacial score (nSPS) is 10.2. The average molecular weight is 260 g/mol. The molecule has 0 fully saturated rings. The number of aromatic nitrogens is 3. The van der Waals surface area contributed by atoms with E-state index in [0.29, 0.717) is 17.0 Å². The number of aromatic amines is 1. The van der Waals surface area contributed by atoms with Crippen LogP contribution in [0.25, 0.3) is 0 Å². The van der Waals surface area contributed by atoms with Crippen molar-refractivity contribution in [1.82, 2.24) is 15.2 Å². The lowest BCUT2D eigenvalue weighted by molar-refractivity contribution is 0.0696. The molecule has 0 spiro atoms. The van der Waals surface area contributed by atoms with Crippen molar-refractivity contribution in [3.8, 4) is 0 Å². The first-order valence-corrected chi connectivity index (χ1v) is 5.51. The van der Waals surface area contributed by atoms with Crippen LogP contribution in [0.4, 0.5) is 5.82 Å². The van der Waals surface area contributed by atoms with Gasteiger partial charge >= 0.3 is 5.97 Å². The van der Waals surface area contributed by atoms with Crippen LogP contribution in [0.5, 0.6) is 0 Å². The molecule has 19 heavy (non-hydrogen) atoms. The molecule has 0 saturated heterocycles. The number of amides is 1. The Morgan fingerprint density at radius 1 is 1.32 bits per heavy atom. The molecule has 2 aromatic heterocycles. The summed E-state index contributed by atoms with van der Waals surface area (Å²) in [6.45, 7) is 3.47. The molecule has 2 aromatic rings. The Labute approximate surface area is 108 Å². The first-order valence-electron chi connectivity index (χ1n) is 5.51. The molecule has 0 unspecified atom stereocenters. The summed E-state index contributed by atoms with van der Waals surface area (Å²) in [5.41, 5.74) is 1.78. The zero-order chi connectivity index (χ0) is 14.0. The number of pyridine rings is 1. The van der Waals surface area contributed by atoms with E-state index >= 15 is 0 Å². The number of H-pyrrole nitrogens is 1. The Morgan fingerprint density at radius 3 is 2.53 bits per heavy atom. The van der Waals surface area contributed by atoms with Crippen LogP contribution in [-0.2, 0) is 0 Å². The highest BCUT2D eigenvalue weighted by molar-refractivity contribution is 6.05. The number of carboxylic acids is 1. The molecular weight excluding hydrogens is 248 g/mol. The molecule has 0 saturated carbocycles. The van der Waals surface area contributed by atoms with Gasteiger partial charge < -0.3 is 10.4 Å². The predicted octanol–water partition coefficient (Wildman–Crippen LogP) is 1.37. The van der Waals surface area contributed by atoms with Gasteiger partial charge in [0.15, 0.2) is 0 Å². The standard InChI is InChI=1S/C12H12N4O3/c1-6-10(7(2)16-15-6)11(17)14-9-4-3-8(5-13-9)12(18)19/h3-5H,1-2H3,(H,15,16)(H,18,19)(H,13,14,17). The molecule has 0 aliphatic rings. The second-order valence-corrected chi connectivity index (χ2v) is 4.00. The molecule has 0 aromatic carbocycles. The summed E-state index contributed by atoms with van der Waals surface area (Å²) in [6, 6.07) is 2.81. The SMILES string of the molecule is Cc1n[nH]c(C)c1C(=O)Nc1ccc(C(=O)O)cn1. The summed E-state index contributed by atoms with van der Waals surface area (Å²) in [4.78, 5) is 26.5. The van der Waals surface area contributed by atoms with Crippen LogP contribution in [0.15, 0.2) is 18.3 Å². The number of nitrogens with one attached hydrogen (secondary N) is 2. The number of carbonyl (C=O) groups excluding carboxylic acids is 1. The highest BCUT2D eigenvalue weighted by Gasteiger charge is 2.15. The number of nitrogens with zero attached hydrogens (tertiary/aromatic N) is 2. The smallest absolute Gasteiger partial charge is 0.337 e. The van der Waals surface area contributed by atoms with E-state index < -0.39 is 5.97 Å². The van der Waals surface area contributed by atoms with Crippen molar-refractivity contribution >= 4 is 17.7 Å². The highest BCUT2D eigenvalue weighted by atomic mass is 16.4. The monoisotopic (exact) mass is 260 g/mol. The minimum atomic E-state index is -1.06. The second kappa shape index (κ2) is 4.89. The van der Waals surface area contributed by atoms with Crippen LogP contribution in [-0.4, -0.2) is 32.2 Å². The second-order valence-electron chi connectivity index (χ2n) is 4.00. The van der Waals surface area contributed by atoms with Gasteiger partial charge in [-0.1, -0.05) is 0 Å². The number of aryl methyl sites for hydroxylation is 2. The molecule has 7 nitrogen and oxygen atoms in total. The lowest BCUT2D eigenvalue weighted by atomic mass is 10.2. The van der Waals surface area contributed by atoms with Crippen molar-refractivity contribution in [2.24, 2.45) is 0 Å². The van der Waals surface area contributed by atoms with Crippen LogP contribution < -0.4 is 5.32 Å². The van der Waals surface area contributed by atoms with Crippen LogP contribution in [0.2, 0.25) is 0 Å². The van der Waals surface area contributed by atoms with Gasteiger partial charge in [0.05, 0.1) is 16.8 Å². The van der Waals surface area contributed by atoms with Crippen molar-refractivity contribution in [1.29, 1.82) is 0 Å². The Balaban J connectivity index is 2.17. The van der Waals surface area contributed by atoms with E-state index in [2.05, 4.69) is 20.5 Å². The average Bonchev–Trinajstić information content (AvgIpc) is 2.69. The Morgan fingerprint density at radius 2 is 2.05 bits per heavy atom. The van der Waals surface area contributed by atoms with Gasteiger partial charge in [-0.3, -0.25) is 9.89 Å². The lowest BCUT2D eigenvalue weighted by Gasteiger charge is -2.04. The summed E-state index contributed by atoms with van der Waals surface area (Å²) in [7, 11) is 0. The first-order chi connectivity index (χ1) is 8.99. The van der Waals surface area contributed by atoms with Gasteiger partial charge in [-0.25, -0.2) is 9.78 Å². The maximum Gasteiger partial charge on any atom is 0.337 e. The molecule has 98 valence electrons. The third-order valence-corrected chi connectivity index (χ3v) is 2.61. The number of anilines is 1. The molecule has 1 amide bonds. The molecule has 0 atom stereocenters. The van der Waals surface area contributed by atoms with E-state index in [9.17, 15) is 9.59 Å². The zero-order valence-electron chi connectivity index (χ0n) is 10.4. The van der Waals surface area contributed by atoms with Crippen LogP contribution in [0.3, 0.4) is 0 Å². The first kappa shape index (κ1) is 12.7. The van der Waals surface area contributed by atoms with Gasteiger partial charge in [-0.2, -0.15) is 5.10 Å². The quantitative estimate of drug-likeness (QED) is 0.772. The van der Waals surface area contributed by atoms with E-state index in [4.69, 9.17) is 5.11 Å². The van der Waals surface area contributed by atoms with E-state index in [0.717, 1.165) is 0 Å². The Hall–Kier alpha value is -2.70. The summed E-state index contributed by atoms with van der Waals surface area (Å²) in [6.07, 6.45) is 1.19. The molecule has 2 rings (SSSR count). The van der Waals surface area contributed by atoms with E-state index in [1.54, 1.807) is 13.8 Å². The zero-order valence-corrected chi connectivity index (χ0v) is 10.4. The van der Waals surface area contributed by atoms with Crippen molar-refractivity contribution < 1.29 is 14.7 Å². The summed E-state index contributed by atoms with van der Waals surface area (Å²) in [5.74, 6) is -1.11. The van der Waals surface area contributed by atoms with Crippen molar-refractivity contribution in [2.45, 2.75) is 13.8 Å².